The number of hydrogen-bond acceptors (Lipinski definition) is 8. The molecule has 0 saturated carbocycles. The molecular formula is C20H15FN4O6. The maximum Gasteiger partial charge on any atom is 0.315 e. The number of phenols is 1. The Kier molecular flexibility index (Phi) is 6.75. The first-order valence-electron chi connectivity index (χ1n) is 8.47. The molecular weight excluding hydrogens is 411 g/mol. The number of ether oxygens (including phenoxy) is 1. The molecule has 0 heterocycles. The highest BCUT2D eigenvalue weighted by Gasteiger charge is 2.26. The molecule has 1 amide bonds. The maximum atomic E-state index is 14.1. The van der Waals surface area contributed by atoms with Gasteiger partial charge in [0.2, 0.25) is 5.75 Å². The Bertz CT molecular complexity index is 1180. The van der Waals surface area contributed by atoms with Crippen molar-refractivity contribution in [1.29, 1.82) is 10.5 Å². The van der Waals surface area contributed by atoms with Gasteiger partial charge in [-0.05, 0) is 18.2 Å². The molecule has 0 unspecified atom stereocenters. The summed E-state index contributed by atoms with van der Waals surface area (Å²) in [6.45, 7) is -0.284. The predicted octanol–water partition coefficient (Wildman–Crippen LogP) is 2.77. The minimum Gasteiger partial charge on any atom is -0.506 e. The van der Waals surface area contributed by atoms with Crippen molar-refractivity contribution in [1.82, 2.24) is 4.90 Å². The monoisotopic (exact) mass is 426 g/mol. The van der Waals surface area contributed by atoms with Crippen molar-refractivity contribution in [2.75, 3.05) is 14.2 Å². The Hall–Kier alpha value is -4.64. The number of phenolic OH excluding ortho intramolecular Hbond substituents is 1. The summed E-state index contributed by atoms with van der Waals surface area (Å²) in [5, 5.41) is 49.6. The zero-order valence-corrected chi connectivity index (χ0v) is 16.3. The van der Waals surface area contributed by atoms with E-state index in [1.807, 2.05) is 0 Å². The van der Waals surface area contributed by atoms with Gasteiger partial charge in [-0.1, -0.05) is 6.07 Å². The molecule has 0 bridgehead atoms. The van der Waals surface area contributed by atoms with E-state index < -0.39 is 39.4 Å². The molecule has 0 spiro atoms. The first-order chi connectivity index (χ1) is 14.6. The molecule has 2 aromatic rings. The quantitative estimate of drug-likeness (QED) is 0.234. The number of methoxy groups -OCH3 is 1. The van der Waals surface area contributed by atoms with Gasteiger partial charge in [-0.25, -0.2) is 4.39 Å². The third-order valence-corrected chi connectivity index (χ3v) is 4.24. The summed E-state index contributed by atoms with van der Waals surface area (Å²) < 4.78 is 18.9. The van der Waals surface area contributed by atoms with Gasteiger partial charge >= 0.3 is 5.69 Å². The summed E-state index contributed by atoms with van der Waals surface area (Å²) in [7, 11) is 2.38. The van der Waals surface area contributed by atoms with Gasteiger partial charge in [0.25, 0.3) is 5.91 Å². The second-order valence-electron chi connectivity index (χ2n) is 6.22. The summed E-state index contributed by atoms with van der Waals surface area (Å²) in [6, 6.07) is 8.76. The number of aromatic hydroxyl groups is 1. The van der Waals surface area contributed by atoms with E-state index in [1.165, 1.54) is 25.2 Å². The first-order valence-corrected chi connectivity index (χ1v) is 8.47. The van der Waals surface area contributed by atoms with Gasteiger partial charge in [0.05, 0.1) is 23.7 Å². The van der Waals surface area contributed by atoms with Crippen molar-refractivity contribution in [3.63, 3.8) is 0 Å². The molecule has 31 heavy (non-hydrogen) atoms. The predicted molar refractivity (Wildman–Crippen MR) is 104 cm³/mol. The molecule has 10 nitrogen and oxygen atoms in total. The number of benzene rings is 2. The molecule has 0 fully saturated rings. The summed E-state index contributed by atoms with van der Waals surface area (Å²) in [5.41, 5.74) is -1.73. The number of aliphatic hydroxyl groups excluding tert-OH is 1. The highest BCUT2D eigenvalue weighted by molar-refractivity contribution is 6.03. The molecule has 0 aliphatic rings. The van der Waals surface area contributed by atoms with Gasteiger partial charge < -0.3 is 19.8 Å². The zero-order chi connectivity index (χ0) is 23.3. The van der Waals surface area contributed by atoms with Crippen molar-refractivity contribution in [3.05, 3.63) is 68.5 Å². The van der Waals surface area contributed by atoms with Crippen LogP contribution in [0.2, 0.25) is 0 Å². The van der Waals surface area contributed by atoms with E-state index in [0.29, 0.717) is 0 Å². The molecule has 158 valence electrons. The number of halogens is 1. The van der Waals surface area contributed by atoms with Crippen LogP contribution in [-0.4, -0.2) is 40.1 Å². The fourth-order valence-electron chi connectivity index (χ4n) is 2.63. The minimum atomic E-state index is -0.988. The highest BCUT2D eigenvalue weighted by Crippen LogP contribution is 2.38. The van der Waals surface area contributed by atoms with E-state index in [1.54, 1.807) is 6.07 Å². The number of likely N-dealkylation sites (N-methyl/N-ethyl adjacent to an activating group) is 1. The molecule has 0 saturated heterocycles. The molecule has 0 atom stereocenters. The summed E-state index contributed by atoms with van der Waals surface area (Å²) in [5.74, 6) is -3.75. The number of nitro groups is 1. The first kappa shape index (κ1) is 22.6. The molecule has 0 aromatic heterocycles. The van der Waals surface area contributed by atoms with Crippen LogP contribution in [-0.2, 0) is 11.3 Å². The number of nitro benzene ring substituents is 1. The Balaban J connectivity index is 2.45. The smallest absolute Gasteiger partial charge is 0.315 e. The van der Waals surface area contributed by atoms with Crippen molar-refractivity contribution in [2.24, 2.45) is 0 Å². The van der Waals surface area contributed by atoms with Crippen LogP contribution in [0.25, 0.3) is 5.76 Å². The third kappa shape index (κ3) is 4.68. The number of nitrogens with zero attached hydrogens (tertiary/aromatic N) is 4. The van der Waals surface area contributed by atoms with Crippen LogP contribution in [0.1, 0.15) is 16.7 Å². The van der Waals surface area contributed by atoms with E-state index in [-0.39, 0.29) is 29.0 Å². The van der Waals surface area contributed by atoms with Crippen molar-refractivity contribution >= 4 is 17.4 Å². The number of amides is 1. The molecule has 11 heteroatoms. The number of carbonyl (C=O) groups excluding carboxylic acids is 1. The second-order valence-corrected chi connectivity index (χ2v) is 6.22. The van der Waals surface area contributed by atoms with Crippen LogP contribution in [0.15, 0.2) is 35.9 Å². The SMILES string of the molecule is COc1cc(/C(O)=C(\C#N)C(=O)N(C)Cc2ccc(C#N)cc2F)cc([N+](=O)[O-])c1O. The molecule has 2 N–H and O–H groups in total. The van der Waals surface area contributed by atoms with Crippen molar-refractivity contribution < 1.29 is 29.1 Å². The van der Waals surface area contributed by atoms with Crippen LogP contribution in [0.4, 0.5) is 10.1 Å². The minimum absolute atomic E-state index is 0.0635. The van der Waals surface area contributed by atoms with Gasteiger partial charge in [-0.2, -0.15) is 10.5 Å². The molecule has 2 rings (SSSR count). The zero-order valence-electron chi connectivity index (χ0n) is 16.3. The van der Waals surface area contributed by atoms with Gasteiger partial charge in [0.15, 0.2) is 11.3 Å². The highest BCUT2D eigenvalue weighted by atomic mass is 19.1. The lowest BCUT2D eigenvalue weighted by Gasteiger charge is -2.18. The van der Waals surface area contributed by atoms with Crippen molar-refractivity contribution in [3.8, 4) is 23.6 Å². The summed E-state index contributed by atoms with van der Waals surface area (Å²) in [6.07, 6.45) is 0. The molecule has 0 aliphatic carbocycles. The molecule has 2 aromatic carbocycles. The third-order valence-electron chi connectivity index (χ3n) is 4.24. The fraction of sp³-hybridized carbons (Fsp3) is 0.150. The van der Waals surface area contributed by atoms with Gasteiger partial charge in [-0.15, -0.1) is 0 Å². The van der Waals surface area contributed by atoms with E-state index in [2.05, 4.69) is 0 Å². The normalized spacial score (nSPS) is 11.0. The van der Waals surface area contributed by atoms with E-state index >= 15 is 0 Å². The topological polar surface area (TPSA) is 161 Å². The van der Waals surface area contributed by atoms with Crippen LogP contribution in [0, 0.1) is 38.6 Å². The van der Waals surface area contributed by atoms with E-state index in [4.69, 9.17) is 10.00 Å². The lowest BCUT2D eigenvalue weighted by molar-refractivity contribution is -0.386. The number of aliphatic hydroxyl groups is 1. The van der Waals surface area contributed by atoms with E-state index in [0.717, 1.165) is 30.2 Å². The Morgan fingerprint density at radius 2 is 2.00 bits per heavy atom. The summed E-state index contributed by atoms with van der Waals surface area (Å²) in [4.78, 5) is 23.8. The number of nitriles is 2. The summed E-state index contributed by atoms with van der Waals surface area (Å²) >= 11 is 0. The standard InChI is InChI=1S/C20H15FN4O6/c1-24(10-12-4-3-11(8-22)5-15(12)21)20(28)14(9-23)18(26)13-6-16(25(29)30)19(27)17(7-13)31-2/h3-7,26-27H,10H2,1-2H3/b18-14-. The van der Waals surface area contributed by atoms with Crippen LogP contribution >= 0.6 is 0 Å². The molecule has 0 aliphatic heterocycles. The van der Waals surface area contributed by atoms with Crippen LogP contribution < -0.4 is 4.74 Å². The second kappa shape index (κ2) is 9.24. The van der Waals surface area contributed by atoms with Gasteiger partial charge in [-0.3, -0.25) is 14.9 Å². The Morgan fingerprint density at radius 1 is 1.32 bits per heavy atom. The maximum absolute atomic E-state index is 14.1. The fourth-order valence-corrected chi connectivity index (χ4v) is 2.63. The van der Waals surface area contributed by atoms with Gasteiger partial charge in [0.1, 0.15) is 17.6 Å². The lowest BCUT2D eigenvalue weighted by atomic mass is 10.1. The molecule has 0 radical (unpaired) electrons. The largest absolute Gasteiger partial charge is 0.506 e. The van der Waals surface area contributed by atoms with Gasteiger partial charge in [0, 0.05) is 30.8 Å². The number of rotatable bonds is 6. The number of hydrogen-bond donors (Lipinski definition) is 2. The van der Waals surface area contributed by atoms with Crippen LogP contribution in [0.5, 0.6) is 11.5 Å². The lowest BCUT2D eigenvalue weighted by Crippen LogP contribution is -2.28. The average molecular weight is 426 g/mol. The van der Waals surface area contributed by atoms with Crippen LogP contribution in [0.3, 0.4) is 0 Å². The number of carbonyl (C=O) groups is 1. The van der Waals surface area contributed by atoms with E-state index in [9.17, 15) is 34.8 Å². The Morgan fingerprint density at radius 3 is 2.52 bits per heavy atom. The average Bonchev–Trinajstić information content (AvgIpc) is 2.75. The van der Waals surface area contributed by atoms with Crippen molar-refractivity contribution in [2.45, 2.75) is 6.54 Å². The Labute approximate surface area is 175 Å².